The number of nitrogens with one attached hydrogen (secondary N) is 3. The molecule has 37 heavy (non-hydrogen) atoms. The summed E-state index contributed by atoms with van der Waals surface area (Å²) < 4.78 is 5.20. The number of piperazine rings is 1. The summed E-state index contributed by atoms with van der Waals surface area (Å²) in [5.74, 6) is 0.268. The van der Waals surface area contributed by atoms with E-state index in [1.807, 2.05) is 30.5 Å². The van der Waals surface area contributed by atoms with E-state index in [0.717, 1.165) is 67.2 Å². The summed E-state index contributed by atoms with van der Waals surface area (Å²) in [6, 6.07) is 16.0. The molecule has 1 fully saturated rings. The largest absolute Gasteiger partial charge is 0.383 e. The zero-order valence-electron chi connectivity index (χ0n) is 20.9. The van der Waals surface area contributed by atoms with Crippen LogP contribution in [-0.2, 0) is 9.53 Å². The van der Waals surface area contributed by atoms with Crippen molar-refractivity contribution in [1.29, 1.82) is 0 Å². The molecule has 190 valence electrons. The van der Waals surface area contributed by atoms with E-state index in [4.69, 9.17) is 9.72 Å². The van der Waals surface area contributed by atoms with Crippen LogP contribution < -0.4 is 15.5 Å². The Labute approximate surface area is 216 Å². The van der Waals surface area contributed by atoms with Crippen LogP contribution in [-0.4, -0.2) is 72.2 Å². The van der Waals surface area contributed by atoms with Crippen molar-refractivity contribution in [3.05, 3.63) is 73.6 Å². The molecule has 0 radical (unpaired) electrons. The van der Waals surface area contributed by atoms with Gasteiger partial charge in [0.05, 0.1) is 18.3 Å². The predicted molar refractivity (Wildman–Crippen MR) is 148 cm³/mol. The highest BCUT2D eigenvalue weighted by Gasteiger charge is 2.17. The van der Waals surface area contributed by atoms with E-state index >= 15 is 0 Å². The second-order valence-corrected chi connectivity index (χ2v) is 8.93. The number of benzene rings is 2. The number of aromatic amines is 1. The van der Waals surface area contributed by atoms with Gasteiger partial charge in [-0.1, -0.05) is 18.7 Å². The molecule has 3 heterocycles. The Morgan fingerprint density at radius 2 is 1.95 bits per heavy atom. The third-order valence-electron chi connectivity index (χ3n) is 6.51. The second-order valence-electron chi connectivity index (χ2n) is 8.93. The van der Waals surface area contributed by atoms with Crippen LogP contribution in [0.3, 0.4) is 0 Å². The van der Waals surface area contributed by atoms with Gasteiger partial charge in [-0.2, -0.15) is 0 Å². The SMILES string of the molecule is C=CC(=O)Nc1cccc(-c2c[nH]c3cnc(Nc4ccc(N5CCN(CCOC)CC5)cc4)nc23)c1. The Morgan fingerprint density at radius 3 is 2.70 bits per heavy atom. The zero-order valence-corrected chi connectivity index (χ0v) is 20.9. The van der Waals surface area contributed by atoms with E-state index in [2.05, 4.69) is 61.2 Å². The third kappa shape index (κ3) is 5.79. The minimum Gasteiger partial charge on any atom is -0.383 e. The molecule has 0 spiro atoms. The van der Waals surface area contributed by atoms with Crippen molar-refractivity contribution < 1.29 is 9.53 Å². The first-order valence-corrected chi connectivity index (χ1v) is 12.3. The number of ether oxygens (including phenoxy) is 1. The van der Waals surface area contributed by atoms with Crippen molar-refractivity contribution >= 4 is 40.0 Å². The monoisotopic (exact) mass is 497 g/mol. The molecule has 2 aromatic carbocycles. The van der Waals surface area contributed by atoms with Crippen LogP contribution in [0.5, 0.6) is 0 Å². The summed E-state index contributed by atoms with van der Waals surface area (Å²) in [4.78, 5) is 29.0. The maximum Gasteiger partial charge on any atom is 0.247 e. The topological polar surface area (TPSA) is 98.4 Å². The molecule has 0 unspecified atom stereocenters. The number of carbonyl (C=O) groups excluding carboxylic acids is 1. The molecule has 3 N–H and O–H groups in total. The van der Waals surface area contributed by atoms with Gasteiger partial charge in [0.1, 0.15) is 5.52 Å². The summed E-state index contributed by atoms with van der Waals surface area (Å²) in [6.45, 7) is 9.36. The van der Waals surface area contributed by atoms with Crippen LogP contribution >= 0.6 is 0 Å². The molecular weight excluding hydrogens is 466 g/mol. The highest BCUT2D eigenvalue weighted by Crippen LogP contribution is 2.30. The summed E-state index contributed by atoms with van der Waals surface area (Å²) in [5, 5.41) is 6.13. The van der Waals surface area contributed by atoms with Crippen LogP contribution in [0.25, 0.3) is 22.2 Å². The van der Waals surface area contributed by atoms with E-state index in [-0.39, 0.29) is 5.91 Å². The van der Waals surface area contributed by atoms with Crippen LogP contribution in [0.15, 0.2) is 73.6 Å². The summed E-state index contributed by atoms with van der Waals surface area (Å²) in [7, 11) is 1.75. The molecule has 1 amide bonds. The Bertz CT molecular complexity index is 1380. The first kappa shape index (κ1) is 24.5. The number of rotatable bonds is 9. The lowest BCUT2D eigenvalue weighted by Gasteiger charge is -2.36. The van der Waals surface area contributed by atoms with E-state index in [1.54, 1.807) is 13.3 Å². The van der Waals surface area contributed by atoms with Gasteiger partial charge in [-0.05, 0) is 48.0 Å². The summed E-state index contributed by atoms with van der Waals surface area (Å²) >= 11 is 0. The van der Waals surface area contributed by atoms with Gasteiger partial charge in [-0.15, -0.1) is 0 Å². The Hall–Kier alpha value is -4.21. The normalized spacial score (nSPS) is 14.0. The number of fused-ring (bicyclic) bond motifs is 1. The van der Waals surface area contributed by atoms with Crippen molar-refractivity contribution in [3.63, 3.8) is 0 Å². The average molecular weight is 498 g/mol. The van der Waals surface area contributed by atoms with Gasteiger partial charge in [-0.25, -0.2) is 9.97 Å². The third-order valence-corrected chi connectivity index (χ3v) is 6.51. The number of hydrogen-bond donors (Lipinski definition) is 3. The van der Waals surface area contributed by atoms with Gasteiger partial charge in [0, 0.05) is 68.7 Å². The summed E-state index contributed by atoms with van der Waals surface area (Å²) in [5.41, 5.74) is 6.33. The van der Waals surface area contributed by atoms with Crippen molar-refractivity contribution in [2.45, 2.75) is 0 Å². The molecule has 1 aliphatic heterocycles. The van der Waals surface area contributed by atoms with Crippen LogP contribution in [0.1, 0.15) is 0 Å². The zero-order chi connectivity index (χ0) is 25.6. The second kappa shape index (κ2) is 11.2. The van der Waals surface area contributed by atoms with Gasteiger partial charge < -0.3 is 25.3 Å². The van der Waals surface area contributed by atoms with Crippen molar-refractivity contribution in [2.24, 2.45) is 0 Å². The highest BCUT2D eigenvalue weighted by molar-refractivity contribution is 6.00. The number of H-pyrrole nitrogens is 1. The van der Waals surface area contributed by atoms with Gasteiger partial charge in [0.2, 0.25) is 11.9 Å². The number of hydrogen-bond acceptors (Lipinski definition) is 7. The fourth-order valence-corrected chi connectivity index (χ4v) is 4.48. The van der Waals surface area contributed by atoms with E-state index in [0.29, 0.717) is 11.6 Å². The number of amides is 1. The molecule has 9 nitrogen and oxygen atoms in total. The molecule has 1 saturated heterocycles. The first-order valence-electron chi connectivity index (χ1n) is 12.3. The molecule has 9 heteroatoms. The molecular formula is C28H31N7O2. The number of anilines is 4. The van der Waals surface area contributed by atoms with Gasteiger partial charge in [0.15, 0.2) is 0 Å². The maximum absolute atomic E-state index is 11.7. The minimum absolute atomic E-state index is 0.250. The van der Waals surface area contributed by atoms with Gasteiger partial charge in [0.25, 0.3) is 0 Å². The molecule has 1 aliphatic rings. The fourth-order valence-electron chi connectivity index (χ4n) is 4.48. The number of aromatic nitrogens is 3. The van der Waals surface area contributed by atoms with Crippen LogP contribution in [0, 0.1) is 0 Å². The van der Waals surface area contributed by atoms with Crippen LogP contribution in [0.4, 0.5) is 23.0 Å². The molecule has 2 aromatic heterocycles. The quantitative estimate of drug-likeness (QED) is 0.297. The van der Waals surface area contributed by atoms with E-state index in [9.17, 15) is 4.79 Å². The molecule has 0 aliphatic carbocycles. The van der Waals surface area contributed by atoms with Crippen molar-refractivity contribution in [1.82, 2.24) is 19.9 Å². The van der Waals surface area contributed by atoms with Gasteiger partial charge >= 0.3 is 0 Å². The van der Waals surface area contributed by atoms with Crippen molar-refractivity contribution in [3.8, 4) is 11.1 Å². The Morgan fingerprint density at radius 1 is 1.14 bits per heavy atom. The predicted octanol–water partition coefficient (Wildman–Crippen LogP) is 4.26. The van der Waals surface area contributed by atoms with Crippen LogP contribution in [0.2, 0.25) is 0 Å². The number of nitrogens with zero attached hydrogens (tertiary/aromatic N) is 4. The minimum atomic E-state index is -0.250. The Kier molecular flexibility index (Phi) is 7.43. The highest BCUT2D eigenvalue weighted by atomic mass is 16.5. The standard InChI is InChI=1S/C28H31N7O2/c1-3-26(36)31-22-6-4-5-20(17-22)24-18-29-25-19-30-28(33-27(24)25)32-21-7-9-23(10-8-21)35-13-11-34(12-14-35)15-16-37-2/h3-10,17-19,29H,1,11-16H2,2H3,(H,31,36)(H,30,32,33). The molecule has 5 rings (SSSR count). The van der Waals surface area contributed by atoms with E-state index in [1.165, 1.54) is 11.8 Å². The van der Waals surface area contributed by atoms with Crippen molar-refractivity contribution in [2.75, 3.05) is 62.0 Å². The summed E-state index contributed by atoms with van der Waals surface area (Å²) in [6.07, 6.45) is 4.93. The lowest BCUT2D eigenvalue weighted by Crippen LogP contribution is -2.47. The number of carbonyl (C=O) groups is 1. The number of methoxy groups -OCH3 is 1. The lowest BCUT2D eigenvalue weighted by molar-refractivity contribution is -0.111. The smallest absolute Gasteiger partial charge is 0.247 e. The lowest BCUT2D eigenvalue weighted by atomic mass is 10.1. The molecule has 0 saturated carbocycles. The molecule has 4 aromatic rings. The maximum atomic E-state index is 11.7. The fraction of sp³-hybridized carbons (Fsp3) is 0.250. The van der Waals surface area contributed by atoms with Gasteiger partial charge in [-0.3, -0.25) is 9.69 Å². The average Bonchev–Trinajstić information content (AvgIpc) is 3.36. The first-order chi connectivity index (χ1) is 18.1. The molecule has 0 atom stereocenters. The molecule has 0 bridgehead atoms. The van der Waals surface area contributed by atoms with E-state index < -0.39 is 0 Å². The Balaban J connectivity index is 1.28.